The minimum absolute atomic E-state index is 0.113. The van der Waals surface area contributed by atoms with Crippen LogP contribution in [0.2, 0.25) is 0 Å². The Bertz CT molecular complexity index is 653. The predicted molar refractivity (Wildman–Crippen MR) is 84.8 cm³/mol. The number of hydrogen-bond acceptors (Lipinski definition) is 5. The highest BCUT2D eigenvalue weighted by molar-refractivity contribution is 5.42. The topological polar surface area (TPSA) is 46.2 Å². The van der Waals surface area contributed by atoms with E-state index in [0.717, 1.165) is 34.8 Å². The van der Waals surface area contributed by atoms with Crippen LogP contribution in [0.1, 0.15) is 29.8 Å². The van der Waals surface area contributed by atoms with Crippen molar-refractivity contribution in [3.05, 3.63) is 53.6 Å². The summed E-state index contributed by atoms with van der Waals surface area (Å²) >= 11 is 0. The lowest BCUT2D eigenvalue weighted by Gasteiger charge is -2.13. The average Bonchev–Trinajstić information content (AvgIpc) is 3.11. The maximum absolute atomic E-state index is 5.53. The van der Waals surface area contributed by atoms with Gasteiger partial charge in [0.15, 0.2) is 0 Å². The standard InChI is InChI=1S/C18H20O5/c1-19-13-6-4-12(5-7-13)16-11-18(23-22-16)15-9-8-14(20-2)10-17(15)21-3/h4-10,16,18H,11H2,1-3H3/t16-,18+/m1/s1. The van der Waals surface area contributed by atoms with Crippen molar-refractivity contribution in [1.82, 2.24) is 0 Å². The molecule has 0 aromatic heterocycles. The molecular weight excluding hydrogens is 296 g/mol. The van der Waals surface area contributed by atoms with E-state index in [1.54, 1.807) is 21.3 Å². The van der Waals surface area contributed by atoms with E-state index < -0.39 is 0 Å². The van der Waals surface area contributed by atoms with Crippen LogP contribution >= 0.6 is 0 Å². The molecule has 1 fully saturated rings. The van der Waals surface area contributed by atoms with Gasteiger partial charge in [-0.1, -0.05) is 12.1 Å². The van der Waals surface area contributed by atoms with E-state index in [4.69, 9.17) is 24.0 Å². The van der Waals surface area contributed by atoms with E-state index in [1.807, 2.05) is 42.5 Å². The Kier molecular flexibility index (Phi) is 4.69. The summed E-state index contributed by atoms with van der Waals surface area (Å²) in [4.78, 5) is 11.0. The molecule has 0 bridgehead atoms. The lowest BCUT2D eigenvalue weighted by Crippen LogP contribution is -2.00. The zero-order valence-corrected chi connectivity index (χ0v) is 13.4. The summed E-state index contributed by atoms with van der Waals surface area (Å²) in [5.74, 6) is 2.30. The predicted octanol–water partition coefficient (Wildman–Crippen LogP) is 3.85. The van der Waals surface area contributed by atoms with Crippen molar-refractivity contribution in [1.29, 1.82) is 0 Å². The van der Waals surface area contributed by atoms with Gasteiger partial charge in [0.1, 0.15) is 29.5 Å². The van der Waals surface area contributed by atoms with Crippen LogP contribution < -0.4 is 14.2 Å². The lowest BCUT2D eigenvalue weighted by atomic mass is 9.99. The Morgan fingerprint density at radius 3 is 2.09 bits per heavy atom. The van der Waals surface area contributed by atoms with Gasteiger partial charge < -0.3 is 14.2 Å². The third-order valence-corrected chi connectivity index (χ3v) is 3.99. The van der Waals surface area contributed by atoms with Crippen LogP contribution in [0.4, 0.5) is 0 Å². The molecule has 23 heavy (non-hydrogen) atoms. The second kappa shape index (κ2) is 6.89. The van der Waals surface area contributed by atoms with Crippen LogP contribution in [0.15, 0.2) is 42.5 Å². The highest BCUT2D eigenvalue weighted by Gasteiger charge is 2.32. The molecule has 0 saturated carbocycles. The summed E-state index contributed by atoms with van der Waals surface area (Å²) < 4.78 is 15.8. The van der Waals surface area contributed by atoms with Crippen molar-refractivity contribution < 1.29 is 24.0 Å². The maximum Gasteiger partial charge on any atom is 0.128 e. The first kappa shape index (κ1) is 15.6. The van der Waals surface area contributed by atoms with Gasteiger partial charge in [0.05, 0.1) is 21.3 Å². The third kappa shape index (κ3) is 3.25. The van der Waals surface area contributed by atoms with E-state index in [1.165, 1.54) is 0 Å². The molecule has 5 heteroatoms. The van der Waals surface area contributed by atoms with Crippen molar-refractivity contribution in [3.63, 3.8) is 0 Å². The highest BCUT2D eigenvalue weighted by atomic mass is 17.2. The molecule has 2 aromatic carbocycles. The van der Waals surface area contributed by atoms with E-state index >= 15 is 0 Å². The van der Waals surface area contributed by atoms with Crippen LogP contribution in [0.3, 0.4) is 0 Å². The lowest BCUT2D eigenvalue weighted by molar-refractivity contribution is -0.300. The van der Waals surface area contributed by atoms with Gasteiger partial charge in [0.25, 0.3) is 0 Å². The van der Waals surface area contributed by atoms with Crippen molar-refractivity contribution >= 4 is 0 Å². The Labute approximate surface area is 135 Å². The summed E-state index contributed by atoms with van der Waals surface area (Å²) in [6, 6.07) is 13.5. The molecule has 2 aromatic rings. The molecule has 0 radical (unpaired) electrons. The quantitative estimate of drug-likeness (QED) is 0.784. The molecule has 3 rings (SSSR count). The molecule has 122 valence electrons. The zero-order chi connectivity index (χ0) is 16.2. The van der Waals surface area contributed by atoms with Crippen molar-refractivity contribution in [2.45, 2.75) is 18.6 Å². The van der Waals surface area contributed by atoms with Gasteiger partial charge >= 0.3 is 0 Å². The maximum atomic E-state index is 5.53. The molecule has 0 aliphatic carbocycles. The second-order valence-electron chi connectivity index (χ2n) is 5.29. The van der Waals surface area contributed by atoms with Gasteiger partial charge in [0.2, 0.25) is 0 Å². The zero-order valence-electron chi connectivity index (χ0n) is 13.4. The summed E-state index contributed by atoms with van der Waals surface area (Å²) in [6.07, 6.45) is 0.426. The molecule has 5 nitrogen and oxygen atoms in total. The van der Waals surface area contributed by atoms with Gasteiger partial charge in [-0.15, -0.1) is 0 Å². The van der Waals surface area contributed by atoms with Crippen LogP contribution in [0.5, 0.6) is 17.2 Å². The Morgan fingerprint density at radius 1 is 0.783 bits per heavy atom. The van der Waals surface area contributed by atoms with E-state index in [0.29, 0.717) is 0 Å². The third-order valence-electron chi connectivity index (χ3n) is 3.99. The minimum Gasteiger partial charge on any atom is -0.497 e. The van der Waals surface area contributed by atoms with Gasteiger partial charge in [0, 0.05) is 18.1 Å². The largest absolute Gasteiger partial charge is 0.497 e. The van der Waals surface area contributed by atoms with Crippen LogP contribution in [0.25, 0.3) is 0 Å². The molecule has 2 atom stereocenters. The normalized spacial score (nSPS) is 20.3. The van der Waals surface area contributed by atoms with E-state index in [-0.39, 0.29) is 12.2 Å². The van der Waals surface area contributed by atoms with Crippen molar-refractivity contribution in [2.75, 3.05) is 21.3 Å². The molecule has 1 heterocycles. The first-order valence-electron chi connectivity index (χ1n) is 7.43. The van der Waals surface area contributed by atoms with Gasteiger partial charge in [-0.2, -0.15) is 0 Å². The fraction of sp³-hybridized carbons (Fsp3) is 0.333. The number of rotatable bonds is 5. The molecule has 1 saturated heterocycles. The number of ether oxygens (including phenoxy) is 3. The monoisotopic (exact) mass is 316 g/mol. The van der Waals surface area contributed by atoms with Crippen molar-refractivity contribution in [2.24, 2.45) is 0 Å². The Morgan fingerprint density at radius 2 is 1.43 bits per heavy atom. The Balaban J connectivity index is 1.76. The minimum atomic E-state index is -0.178. The summed E-state index contributed by atoms with van der Waals surface area (Å²) in [7, 11) is 4.91. The molecular formula is C18H20O5. The summed E-state index contributed by atoms with van der Waals surface area (Å²) in [5.41, 5.74) is 2.00. The van der Waals surface area contributed by atoms with Gasteiger partial charge in [-0.25, -0.2) is 9.78 Å². The van der Waals surface area contributed by atoms with Gasteiger partial charge in [-0.3, -0.25) is 0 Å². The molecule has 0 amide bonds. The number of benzene rings is 2. The first-order valence-corrected chi connectivity index (χ1v) is 7.43. The second-order valence-corrected chi connectivity index (χ2v) is 5.29. The summed E-state index contributed by atoms with van der Waals surface area (Å²) in [6.45, 7) is 0. The van der Waals surface area contributed by atoms with Crippen LogP contribution in [0, 0.1) is 0 Å². The van der Waals surface area contributed by atoms with Crippen LogP contribution in [-0.2, 0) is 9.78 Å². The smallest absolute Gasteiger partial charge is 0.128 e. The highest BCUT2D eigenvalue weighted by Crippen LogP contribution is 2.43. The fourth-order valence-corrected chi connectivity index (χ4v) is 2.68. The first-order chi connectivity index (χ1) is 11.2. The summed E-state index contributed by atoms with van der Waals surface area (Å²) in [5, 5.41) is 0. The molecule has 1 aliphatic heterocycles. The average molecular weight is 316 g/mol. The number of hydrogen-bond donors (Lipinski definition) is 0. The fourth-order valence-electron chi connectivity index (χ4n) is 2.68. The van der Waals surface area contributed by atoms with E-state index in [2.05, 4.69) is 0 Å². The van der Waals surface area contributed by atoms with Crippen LogP contribution in [-0.4, -0.2) is 21.3 Å². The SMILES string of the molecule is COc1ccc([C@H]2C[C@@H](c3ccc(OC)cc3OC)OO2)cc1. The van der Waals surface area contributed by atoms with Gasteiger partial charge in [-0.05, 0) is 29.8 Å². The molecule has 0 N–H and O–H groups in total. The molecule has 1 aliphatic rings. The van der Waals surface area contributed by atoms with E-state index in [9.17, 15) is 0 Å². The molecule has 0 unspecified atom stereocenters. The van der Waals surface area contributed by atoms with Crippen molar-refractivity contribution in [3.8, 4) is 17.2 Å². The molecule has 0 spiro atoms. The number of methoxy groups -OCH3 is 3. The Hall–Kier alpha value is -2.24.